The van der Waals surface area contributed by atoms with Crippen LogP contribution in [0, 0.1) is 0 Å². The summed E-state index contributed by atoms with van der Waals surface area (Å²) in [5.41, 5.74) is 6.22. The summed E-state index contributed by atoms with van der Waals surface area (Å²) < 4.78 is 13.8. The lowest BCUT2D eigenvalue weighted by Crippen LogP contribution is -2.23. The molecule has 0 spiro atoms. The van der Waals surface area contributed by atoms with Crippen molar-refractivity contribution >= 4 is 54.9 Å². The van der Waals surface area contributed by atoms with Gasteiger partial charge in [0.2, 0.25) is 0 Å². The first-order valence-electron chi connectivity index (χ1n) is 10.4. The first kappa shape index (κ1) is 24.9. The summed E-state index contributed by atoms with van der Waals surface area (Å²) in [4.78, 5) is 29.1. The van der Waals surface area contributed by atoms with Gasteiger partial charge in [0.1, 0.15) is 5.82 Å². The van der Waals surface area contributed by atoms with Crippen LogP contribution in [0.3, 0.4) is 0 Å². The van der Waals surface area contributed by atoms with Crippen LogP contribution in [0.2, 0.25) is 0 Å². The molecule has 2 N–H and O–H groups in total. The maximum atomic E-state index is 13.3. The molecule has 1 aromatic heterocycles. The van der Waals surface area contributed by atoms with Gasteiger partial charge in [0, 0.05) is 10.4 Å². The third-order valence-electron chi connectivity index (χ3n) is 4.90. The van der Waals surface area contributed by atoms with Gasteiger partial charge < -0.3 is 15.2 Å². The van der Waals surface area contributed by atoms with Gasteiger partial charge in [-0.1, -0.05) is 29.8 Å². The maximum Gasteiger partial charge on any atom is 0.282 e. The van der Waals surface area contributed by atoms with E-state index in [9.17, 15) is 9.59 Å². The highest BCUT2D eigenvalue weighted by atomic mass is 79.9. The van der Waals surface area contributed by atoms with Crippen molar-refractivity contribution in [1.82, 2.24) is 9.66 Å². The lowest BCUT2D eigenvalue weighted by molar-refractivity contribution is -0.119. The number of amides is 1. The Labute approximate surface area is 208 Å². The zero-order valence-corrected chi connectivity index (χ0v) is 21.6. The van der Waals surface area contributed by atoms with Crippen molar-refractivity contribution in [2.24, 2.45) is 10.8 Å². The van der Waals surface area contributed by atoms with Crippen molar-refractivity contribution in [2.45, 2.75) is 33.1 Å². The molecule has 174 valence electrons. The van der Waals surface area contributed by atoms with Gasteiger partial charge in [-0.25, -0.2) is 4.98 Å². The number of ether oxygens (including phenoxy) is 2. The second-order valence-corrected chi connectivity index (χ2v) is 9.09. The predicted molar refractivity (Wildman–Crippen MR) is 135 cm³/mol. The van der Waals surface area contributed by atoms with Gasteiger partial charge in [-0.2, -0.15) is 9.78 Å². The van der Waals surface area contributed by atoms with Crippen molar-refractivity contribution in [1.29, 1.82) is 0 Å². The SMILES string of the molecule is CCOc1cc(C=Nn2c([C@H](C)CC)nc3ccc(Br)cc3c2=O)cc(Br)c1OCC(N)=O. The normalized spacial score (nSPS) is 12.3. The standard InChI is InChI=1S/C23H24Br2N4O4/c1-4-13(3)22-28-18-7-6-15(24)10-16(18)23(31)29(22)27-11-14-8-17(25)21(33-12-20(26)30)19(9-14)32-5-2/h6-11,13H,4-5,12H2,1-3H3,(H2,26,30)/t13-/m1/s1. The second-order valence-electron chi connectivity index (χ2n) is 7.32. The zero-order chi connectivity index (χ0) is 24.1. The van der Waals surface area contributed by atoms with Crippen LogP contribution in [0.15, 0.2) is 49.2 Å². The second kappa shape index (κ2) is 10.9. The van der Waals surface area contributed by atoms with Gasteiger partial charge >= 0.3 is 0 Å². The summed E-state index contributed by atoms with van der Waals surface area (Å²) in [6, 6.07) is 8.88. The van der Waals surface area contributed by atoms with Crippen molar-refractivity contribution in [3.8, 4) is 11.5 Å². The van der Waals surface area contributed by atoms with Crippen LogP contribution in [0.25, 0.3) is 10.9 Å². The minimum Gasteiger partial charge on any atom is -0.490 e. The van der Waals surface area contributed by atoms with Crippen LogP contribution in [-0.4, -0.2) is 35.0 Å². The molecule has 0 saturated heterocycles. The maximum absolute atomic E-state index is 13.3. The average Bonchev–Trinajstić information content (AvgIpc) is 2.77. The van der Waals surface area contributed by atoms with Crippen LogP contribution in [0.5, 0.6) is 11.5 Å². The quantitative estimate of drug-likeness (QED) is 0.373. The molecule has 0 aliphatic heterocycles. The van der Waals surface area contributed by atoms with Gasteiger partial charge in [-0.3, -0.25) is 9.59 Å². The Morgan fingerprint density at radius 2 is 2.00 bits per heavy atom. The molecule has 33 heavy (non-hydrogen) atoms. The van der Waals surface area contributed by atoms with Crippen LogP contribution < -0.4 is 20.8 Å². The Kier molecular flexibility index (Phi) is 8.25. The number of carbonyl (C=O) groups excluding carboxylic acids is 1. The Morgan fingerprint density at radius 3 is 2.67 bits per heavy atom. The highest BCUT2D eigenvalue weighted by Crippen LogP contribution is 2.36. The summed E-state index contributed by atoms with van der Waals surface area (Å²) in [6.07, 6.45) is 2.36. The van der Waals surface area contributed by atoms with Gasteiger partial charge in [-0.15, -0.1) is 0 Å². The van der Waals surface area contributed by atoms with Gasteiger partial charge in [0.15, 0.2) is 18.1 Å². The summed E-state index contributed by atoms with van der Waals surface area (Å²) in [6.45, 7) is 5.99. The highest BCUT2D eigenvalue weighted by molar-refractivity contribution is 9.10. The number of rotatable bonds is 9. The molecular formula is C23H24Br2N4O4. The summed E-state index contributed by atoms with van der Waals surface area (Å²) >= 11 is 6.86. The van der Waals surface area contributed by atoms with E-state index < -0.39 is 5.91 Å². The highest BCUT2D eigenvalue weighted by Gasteiger charge is 2.16. The van der Waals surface area contributed by atoms with Crippen LogP contribution in [0.1, 0.15) is 44.5 Å². The third-order valence-corrected chi connectivity index (χ3v) is 5.98. The minimum absolute atomic E-state index is 0.0261. The molecule has 2 aromatic carbocycles. The monoisotopic (exact) mass is 578 g/mol. The van der Waals surface area contributed by atoms with E-state index in [4.69, 9.17) is 20.2 Å². The van der Waals surface area contributed by atoms with E-state index >= 15 is 0 Å². The van der Waals surface area contributed by atoms with Crippen LogP contribution in [0.4, 0.5) is 0 Å². The van der Waals surface area contributed by atoms with Crippen molar-refractivity contribution in [3.05, 3.63) is 61.0 Å². The number of primary amides is 1. The summed E-state index contributed by atoms with van der Waals surface area (Å²) in [5, 5.41) is 4.95. The predicted octanol–water partition coefficient (Wildman–Crippen LogP) is 4.58. The first-order valence-corrected chi connectivity index (χ1v) is 12.0. The molecule has 3 aromatic rings. The molecule has 0 saturated carbocycles. The van der Waals surface area contributed by atoms with Crippen LogP contribution >= 0.6 is 31.9 Å². The molecule has 8 nitrogen and oxygen atoms in total. The Bertz CT molecular complexity index is 1270. The first-order chi connectivity index (χ1) is 15.7. The number of hydrogen-bond donors (Lipinski definition) is 1. The molecule has 1 amide bonds. The van der Waals surface area contributed by atoms with Crippen molar-refractivity contribution in [3.63, 3.8) is 0 Å². The van der Waals surface area contributed by atoms with Crippen molar-refractivity contribution in [2.75, 3.05) is 13.2 Å². The number of carbonyl (C=O) groups is 1. The summed E-state index contributed by atoms with van der Waals surface area (Å²) in [5.74, 6) is 0.798. The largest absolute Gasteiger partial charge is 0.490 e. The topological polar surface area (TPSA) is 109 Å². The number of aromatic nitrogens is 2. The van der Waals surface area contributed by atoms with E-state index in [0.29, 0.717) is 44.9 Å². The van der Waals surface area contributed by atoms with E-state index in [1.807, 2.05) is 32.9 Å². The molecule has 3 rings (SSSR count). The molecule has 0 aliphatic carbocycles. The number of nitrogens with zero attached hydrogens (tertiary/aromatic N) is 3. The lowest BCUT2D eigenvalue weighted by Gasteiger charge is -2.15. The number of nitrogens with two attached hydrogens (primary N) is 1. The molecule has 1 atom stereocenters. The van der Waals surface area contributed by atoms with Crippen molar-refractivity contribution < 1.29 is 14.3 Å². The van der Waals surface area contributed by atoms with Gasteiger partial charge in [0.05, 0.1) is 28.2 Å². The van der Waals surface area contributed by atoms with Gasteiger partial charge in [0.25, 0.3) is 11.5 Å². The Morgan fingerprint density at radius 1 is 1.24 bits per heavy atom. The molecule has 0 fully saturated rings. The third kappa shape index (κ3) is 5.80. The van der Waals surface area contributed by atoms with E-state index in [1.165, 1.54) is 4.68 Å². The number of benzene rings is 2. The molecule has 0 radical (unpaired) electrons. The Balaban J connectivity index is 2.10. The van der Waals surface area contributed by atoms with E-state index in [1.54, 1.807) is 24.4 Å². The number of halogens is 2. The molecule has 10 heteroatoms. The zero-order valence-electron chi connectivity index (χ0n) is 18.5. The molecule has 1 heterocycles. The fourth-order valence-corrected chi connectivity index (χ4v) is 4.05. The smallest absolute Gasteiger partial charge is 0.282 e. The van der Waals surface area contributed by atoms with Gasteiger partial charge in [-0.05, 0) is 65.2 Å². The van der Waals surface area contributed by atoms with E-state index in [2.05, 4.69) is 37.0 Å². The molecular weight excluding hydrogens is 556 g/mol. The van der Waals surface area contributed by atoms with E-state index in [0.717, 1.165) is 10.9 Å². The number of fused-ring (bicyclic) bond motifs is 1. The minimum atomic E-state index is -0.595. The molecule has 0 unspecified atom stereocenters. The molecule has 0 aliphatic rings. The average molecular weight is 580 g/mol. The number of hydrogen-bond acceptors (Lipinski definition) is 6. The fraction of sp³-hybridized carbons (Fsp3) is 0.304. The van der Waals surface area contributed by atoms with Crippen LogP contribution in [-0.2, 0) is 4.79 Å². The summed E-state index contributed by atoms with van der Waals surface area (Å²) in [7, 11) is 0. The lowest BCUT2D eigenvalue weighted by atomic mass is 10.1. The Hall–Kier alpha value is -2.72. The molecule has 0 bridgehead atoms. The fourth-order valence-electron chi connectivity index (χ4n) is 3.11. The van der Waals surface area contributed by atoms with E-state index in [-0.39, 0.29) is 18.1 Å².